The molecule has 1 aromatic heterocycles. The van der Waals surface area contributed by atoms with Gasteiger partial charge in [-0.1, -0.05) is 36.4 Å². The van der Waals surface area contributed by atoms with E-state index < -0.39 is 11.6 Å². The number of halogens is 2. The van der Waals surface area contributed by atoms with Crippen LogP contribution < -0.4 is 0 Å². The lowest BCUT2D eigenvalue weighted by molar-refractivity contribution is -0.118. The summed E-state index contributed by atoms with van der Waals surface area (Å²) >= 11 is 0. The predicted molar refractivity (Wildman–Crippen MR) is 97.7 cm³/mol. The maximum absolute atomic E-state index is 13.8. The predicted octanol–water partition coefficient (Wildman–Crippen LogP) is 5.16. The summed E-state index contributed by atoms with van der Waals surface area (Å²) in [6, 6.07) is 14.7. The molecule has 0 bridgehead atoms. The minimum absolute atomic E-state index is 0.00861. The lowest BCUT2D eigenvalue weighted by Crippen LogP contribution is -2.03. The summed E-state index contributed by atoms with van der Waals surface area (Å²) in [5.74, 6) is -0.958. The quantitative estimate of drug-likeness (QED) is 0.588. The first-order valence-corrected chi connectivity index (χ1v) is 8.57. The molecular weight excluding hydrogens is 332 g/mol. The standard InChI is InChI=1S/C22H19F2NO/c23-20-7-2-8-21(24)22(20)18-11-9-16(10-12-18)4-1-6-19(26)14-17-5-3-13-25-15-17/h2-3,5,7-13,15H,1,4,6,14H2. The van der Waals surface area contributed by atoms with E-state index in [2.05, 4.69) is 4.98 Å². The average Bonchev–Trinajstić information content (AvgIpc) is 2.64. The second kappa shape index (κ2) is 8.48. The molecule has 0 saturated heterocycles. The van der Waals surface area contributed by atoms with Gasteiger partial charge in [0, 0.05) is 25.2 Å². The molecule has 0 N–H and O–H groups in total. The minimum atomic E-state index is -0.571. The number of ketones is 1. The molecule has 3 aromatic rings. The van der Waals surface area contributed by atoms with E-state index in [0.717, 1.165) is 24.0 Å². The molecule has 4 heteroatoms. The fourth-order valence-corrected chi connectivity index (χ4v) is 2.92. The van der Waals surface area contributed by atoms with Crippen LogP contribution >= 0.6 is 0 Å². The highest BCUT2D eigenvalue weighted by atomic mass is 19.1. The van der Waals surface area contributed by atoms with E-state index in [-0.39, 0.29) is 11.3 Å². The molecule has 2 nitrogen and oxygen atoms in total. The van der Waals surface area contributed by atoms with E-state index in [1.54, 1.807) is 24.5 Å². The summed E-state index contributed by atoms with van der Waals surface area (Å²) in [5, 5.41) is 0. The van der Waals surface area contributed by atoms with Gasteiger partial charge in [0.15, 0.2) is 0 Å². The van der Waals surface area contributed by atoms with Crippen LogP contribution in [-0.2, 0) is 17.6 Å². The van der Waals surface area contributed by atoms with E-state index in [0.29, 0.717) is 18.4 Å². The molecular formula is C22H19F2NO. The number of hydrogen-bond acceptors (Lipinski definition) is 2. The molecule has 0 aliphatic heterocycles. The topological polar surface area (TPSA) is 30.0 Å². The summed E-state index contributed by atoms with van der Waals surface area (Å²) in [6.45, 7) is 0. The first kappa shape index (κ1) is 17.9. The van der Waals surface area contributed by atoms with E-state index >= 15 is 0 Å². The Morgan fingerprint density at radius 2 is 1.62 bits per heavy atom. The zero-order chi connectivity index (χ0) is 18.4. The van der Waals surface area contributed by atoms with Gasteiger partial charge in [-0.05, 0) is 47.7 Å². The normalized spacial score (nSPS) is 10.7. The maximum Gasteiger partial charge on any atom is 0.137 e. The molecule has 0 atom stereocenters. The number of carbonyl (C=O) groups excluding carboxylic acids is 1. The van der Waals surface area contributed by atoms with Gasteiger partial charge in [-0.3, -0.25) is 9.78 Å². The van der Waals surface area contributed by atoms with Gasteiger partial charge in [-0.2, -0.15) is 0 Å². The van der Waals surface area contributed by atoms with Crippen LogP contribution in [0.4, 0.5) is 8.78 Å². The van der Waals surface area contributed by atoms with Crippen LogP contribution in [0.25, 0.3) is 11.1 Å². The van der Waals surface area contributed by atoms with Crippen molar-refractivity contribution in [2.45, 2.75) is 25.7 Å². The van der Waals surface area contributed by atoms with Crippen LogP contribution in [0.1, 0.15) is 24.0 Å². The van der Waals surface area contributed by atoms with Gasteiger partial charge in [0.25, 0.3) is 0 Å². The highest BCUT2D eigenvalue weighted by Crippen LogP contribution is 2.26. The Morgan fingerprint density at radius 3 is 2.27 bits per heavy atom. The molecule has 0 aliphatic rings. The molecule has 0 fully saturated rings. The number of aromatic nitrogens is 1. The SMILES string of the molecule is O=C(CCCc1ccc(-c2c(F)cccc2F)cc1)Cc1cccnc1. The van der Waals surface area contributed by atoms with E-state index in [4.69, 9.17) is 0 Å². The molecule has 1 heterocycles. The van der Waals surface area contributed by atoms with Gasteiger partial charge >= 0.3 is 0 Å². The Balaban J connectivity index is 1.54. The van der Waals surface area contributed by atoms with Gasteiger partial charge < -0.3 is 0 Å². The van der Waals surface area contributed by atoms with E-state index in [1.807, 2.05) is 24.3 Å². The van der Waals surface area contributed by atoms with Crippen molar-refractivity contribution in [2.24, 2.45) is 0 Å². The third-order valence-corrected chi connectivity index (χ3v) is 4.25. The highest BCUT2D eigenvalue weighted by molar-refractivity contribution is 5.80. The zero-order valence-electron chi connectivity index (χ0n) is 14.3. The largest absolute Gasteiger partial charge is 0.299 e. The average molecular weight is 351 g/mol. The van der Waals surface area contributed by atoms with E-state index in [1.165, 1.54) is 18.2 Å². The molecule has 0 amide bonds. The minimum Gasteiger partial charge on any atom is -0.299 e. The number of pyridine rings is 1. The summed E-state index contributed by atoms with van der Waals surface area (Å²) in [6.07, 6.45) is 5.78. The Hall–Kier alpha value is -2.88. The molecule has 3 rings (SSSR count). The van der Waals surface area contributed by atoms with Gasteiger partial charge in [0.2, 0.25) is 0 Å². The molecule has 0 radical (unpaired) electrons. The first-order chi connectivity index (χ1) is 12.6. The Kier molecular flexibility index (Phi) is 5.84. The monoisotopic (exact) mass is 351 g/mol. The number of nitrogens with zero attached hydrogens (tertiary/aromatic N) is 1. The smallest absolute Gasteiger partial charge is 0.137 e. The fraction of sp³-hybridized carbons (Fsp3) is 0.182. The van der Waals surface area contributed by atoms with Crippen molar-refractivity contribution in [1.82, 2.24) is 4.98 Å². The zero-order valence-corrected chi connectivity index (χ0v) is 14.3. The highest BCUT2D eigenvalue weighted by Gasteiger charge is 2.10. The van der Waals surface area contributed by atoms with Gasteiger partial charge in [0.1, 0.15) is 17.4 Å². The molecule has 26 heavy (non-hydrogen) atoms. The van der Waals surface area contributed by atoms with Crippen LogP contribution in [0.5, 0.6) is 0 Å². The van der Waals surface area contributed by atoms with Crippen LogP contribution in [0, 0.1) is 11.6 Å². The third-order valence-electron chi connectivity index (χ3n) is 4.25. The second-order valence-electron chi connectivity index (χ2n) is 6.22. The number of benzene rings is 2. The van der Waals surface area contributed by atoms with Crippen molar-refractivity contribution < 1.29 is 13.6 Å². The van der Waals surface area contributed by atoms with E-state index in [9.17, 15) is 13.6 Å². The number of rotatable bonds is 7. The molecule has 0 aliphatic carbocycles. The molecule has 132 valence electrons. The van der Waals surface area contributed by atoms with Crippen molar-refractivity contribution >= 4 is 5.78 Å². The van der Waals surface area contributed by atoms with Crippen molar-refractivity contribution in [3.05, 3.63) is 89.8 Å². The summed E-state index contributed by atoms with van der Waals surface area (Å²) in [7, 11) is 0. The number of Topliss-reactive ketones (excluding diaryl/α,β-unsaturated/α-hetero) is 1. The maximum atomic E-state index is 13.8. The Labute approximate surface area is 151 Å². The number of aryl methyl sites for hydroxylation is 1. The van der Waals surface area contributed by atoms with Crippen molar-refractivity contribution in [3.63, 3.8) is 0 Å². The van der Waals surface area contributed by atoms with Crippen LogP contribution in [-0.4, -0.2) is 10.8 Å². The lowest BCUT2D eigenvalue weighted by Gasteiger charge is -2.07. The molecule has 2 aromatic carbocycles. The Morgan fingerprint density at radius 1 is 0.885 bits per heavy atom. The third kappa shape index (κ3) is 4.60. The van der Waals surface area contributed by atoms with Crippen LogP contribution in [0.3, 0.4) is 0 Å². The van der Waals surface area contributed by atoms with Gasteiger partial charge in [0.05, 0.1) is 5.56 Å². The molecule has 0 unspecified atom stereocenters. The van der Waals surface area contributed by atoms with Crippen LogP contribution in [0.2, 0.25) is 0 Å². The number of carbonyl (C=O) groups is 1. The summed E-state index contributed by atoms with van der Waals surface area (Å²) < 4.78 is 27.7. The van der Waals surface area contributed by atoms with Crippen molar-refractivity contribution in [2.75, 3.05) is 0 Å². The van der Waals surface area contributed by atoms with Gasteiger partial charge in [-0.25, -0.2) is 8.78 Å². The Bertz CT molecular complexity index is 856. The first-order valence-electron chi connectivity index (χ1n) is 8.57. The van der Waals surface area contributed by atoms with Crippen LogP contribution in [0.15, 0.2) is 67.0 Å². The summed E-state index contributed by atoms with van der Waals surface area (Å²) in [5.41, 5.74) is 2.47. The number of hydrogen-bond donors (Lipinski definition) is 0. The second-order valence-corrected chi connectivity index (χ2v) is 6.22. The fourth-order valence-electron chi connectivity index (χ4n) is 2.92. The van der Waals surface area contributed by atoms with Gasteiger partial charge in [-0.15, -0.1) is 0 Å². The molecule has 0 saturated carbocycles. The molecule has 0 spiro atoms. The lowest BCUT2D eigenvalue weighted by atomic mass is 9.99. The van der Waals surface area contributed by atoms with Crippen molar-refractivity contribution in [3.8, 4) is 11.1 Å². The van der Waals surface area contributed by atoms with Crippen molar-refractivity contribution in [1.29, 1.82) is 0 Å². The summed E-state index contributed by atoms with van der Waals surface area (Å²) in [4.78, 5) is 16.0.